The van der Waals surface area contributed by atoms with Gasteiger partial charge in [-0.2, -0.15) is 0 Å². The summed E-state index contributed by atoms with van der Waals surface area (Å²) < 4.78 is 5.00. The monoisotopic (exact) mass is 262 g/mol. The van der Waals surface area contributed by atoms with Crippen LogP contribution in [0.1, 0.15) is 26.7 Å². The molecule has 0 radical (unpaired) electrons. The fraction of sp³-hybridized carbons (Fsp3) is 0.0769. The van der Waals surface area contributed by atoms with Gasteiger partial charge < -0.3 is 9.52 Å². The molecule has 1 N–H and O–H groups in total. The quantitative estimate of drug-likeness (QED) is 0.677. The Hall–Kier alpha value is -2.01. The SMILES string of the molecule is CSc1ccccc1C(=O)c1ccc(C(=O)O)o1. The van der Waals surface area contributed by atoms with Gasteiger partial charge in [-0.25, -0.2) is 4.79 Å². The summed E-state index contributed by atoms with van der Waals surface area (Å²) in [5, 5.41) is 8.74. The Morgan fingerprint density at radius 2 is 1.78 bits per heavy atom. The van der Waals surface area contributed by atoms with Crippen LogP contribution in [0, 0.1) is 0 Å². The van der Waals surface area contributed by atoms with Gasteiger partial charge in [-0.15, -0.1) is 11.8 Å². The lowest BCUT2D eigenvalue weighted by Crippen LogP contribution is -2.01. The van der Waals surface area contributed by atoms with E-state index in [4.69, 9.17) is 9.52 Å². The molecular weight excluding hydrogens is 252 g/mol. The summed E-state index contributed by atoms with van der Waals surface area (Å²) in [7, 11) is 0. The van der Waals surface area contributed by atoms with Crippen molar-refractivity contribution in [2.24, 2.45) is 0 Å². The van der Waals surface area contributed by atoms with Crippen molar-refractivity contribution in [2.75, 3.05) is 6.26 Å². The molecule has 5 heteroatoms. The Bertz CT molecular complexity index is 601. The number of carboxylic acids is 1. The van der Waals surface area contributed by atoms with Crippen LogP contribution < -0.4 is 0 Å². The van der Waals surface area contributed by atoms with Gasteiger partial charge in [-0.05, 0) is 30.5 Å². The summed E-state index contributed by atoms with van der Waals surface area (Å²) in [4.78, 5) is 23.7. The Morgan fingerprint density at radius 3 is 2.39 bits per heavy atom. The van der Waals surface area contributed by atoms with Crippen molar-refractivity contribution in [1.29, 1.82) is 0 Å². The molecule has 2 rings (SSSR count). The average molecular weight is 262 g/mol. The second kappa shape index (κ2) is 5.10. The zero-order chi connectivity index (χ0) is 13.1. The van der Waals surface area contributed by atoms with Crippen LogP contribution in [0.4, 0.5) is 0 Å². The van der Waals surface area contributed by atoms with E-state index in [2.05, 4.69) is 0 Å². The van der Waals surface area contributed by atoms with Crippen LogP contribution in [0.25, 0.3) is 0 Å². The molecule has 0 bridgehead atoms. The third-order valence-electron chi connectivity index (χ3n) is 2.39. The molecule has 0 aliphatic carbocycles. The summed E-state index contributed by atoms with van der Waals surface area (Å²) in [5.74, 6) is -1.70. The van der Waals surface area contributed by atoms with E-state index in [0.717, 1.165) is 4.90 Å². The van der Waals surface area contributed by atoms with Crippen LogP contribution in [0.5, 0.6) is 0 Å². The molecule has 0 amide bonds. The number of hydrogen-bond donors (Lipinski definition) is 1. The smallest absolute Gasteiger partial charge is 0.371 e. The first-order chi connectivity index (χ1) is 8.63. The topological polar surface area (TPSA) is 67.5 Å². The predicted molar refractivity (Wildman–Crippen MR) is 67.3 cm³/mol. The first kappa shape index (κ1) is 12.4. The van der Waals surface area contributed by atoms with E-state index in [1.54, 1.807) is 12.1 Å². The number of benzene rings is 1. The first-order valence-corrected chi connectivity index (χ1v) is 6.37. The molecule has 92 valence electrons. The minimum atomic E-state index is -1.19. The highest BCUT2D eigenvalue weighted by Crippen LogP contribution is 2.23. The summed E-state index contributed by atoms with van der Waals surface area (Å²) in [6.45, 7) is 0. The van der Waals surface area contributed by atoms with Crippen molar-refractivity contribution in [2.45, 2.75) is 4.90 Å². The molecule has 0 aliphatic heterocycles. The zero-order valence-electron chi connectivity index (χ0n) is 9.54. The molecule has 0 aliphatic rings. The van der Waals surface area contributed by atoms with E-state index in [0.29, 0.717) is 5.56 Å². The van der Waals surface area contributed by atoms with E-state index < -0.39 is 5.97 Å². The molecule has 0 unspecified atom stereocenters. The summed E-state index contributed by atoms with van der Waals surface area (Å²) >= 11 is 1.45. The lowest BCUT2D eigenvalue weighted by atomic mass is 10.1. The van der Waals surface area contributed by atoms with Crippen LogP contribution in [-0.2, 0) is 0 Å². The number of carbonyl (C=O) groups excluding carboxylic acids is 1. The van der Waals surface area contributed by atoms with Gasteiger partial charge in [0.2, 0.25) is 11.5 Å². The Labute approximate surface area is 108 Å². The van der Waals surface area contributed by atoms with E-state index in [1.807, 2.05) is 18.4 Å². The first-order valence-electron chi connectivity index (χ1n) is 5.14. The van der Waals surface area contributed by atoms with Crippen molar-refractivity contribution in [3.8, 4) is 0 Å². The molecular formula is C13H10O4S. The second-order valence-electron chi connectivity index (χ2n) is 3.50. The number of carbonyl (C=O) groups is 2. The van der Waals surface area contributed by atoms with Crippen molar-refractivity contribution in [3.05, 3.63) is 53.5 Å². The van der Waals surface area contributed by atoms with Crippen LogP contribution in [-0.4, -0.2) is 23.1 Å². The lowest BCUT2D eigenvalue weighted by molar-refractivity contribution is 0.0660. The van der Waals surface area contributed by atoms with Crippen LogP contribution >= 0.6 is 11.8 Å². The van der Waals surface area contributed by atoms with Gasteiger partial charge in [0.1, 0.15) is 0 Å². The van der Waals surface area contributed by atoms with Gasteiger partial charge in [0.05, 0.1) is 0 Å². The summed E-state index contributed by atoms with van der Waals surface area (Å²) in [5.41, 5.74) is 0.510. The molecule has 1 heterocycles. The number of rotatable bonds is 4. The molecule has 4 nitrogen and oxygen atoms in total. The summed E-state index contributed by atoms with van der Waals surface area (Å²) in [6, 6.07) is 9.78. The van der Waals surface area contributed by atoms with E-state index in [1.165, 1.54) is 23.9 Å². The minimum absolute atomic E-state index is 0.0360. The van der Waals surface area contributed by atoms with Crippen molar-refractivity contribution >= 4 is 23.5 Å². The van der Waals surface area contributed by atoms with Crippen LogP contribution in [0.2, 0.25) is 0 Å². The standard InChI is InChI=1S/C13H10O4S/c1-18-11-5-3-2-4-8(11)12(14)9-6-7-10(17-9)13(15)16/h2-7H,1H3,(H,15,16). The molecule has 2 aromatic rings. The Balaban J connectivity index is 2.38. The van der Waals surface area contributed by atoms with Gasteiger partial charge in [0.15, 0.2) is 5.76 Å². The third-order valence-corrected chi connectivity index (χ3v) is 3.19. The zero-order valence-corrected chi connectivity index (χ0v) is 10.4. The van der Waals surface area contributed by atoms with Crippen molar-refractivity contribution < 1.29 is 19.1 Å². The number of aromatic carboxylic acids is 1. The maximum atomic E-state index is 12.2. The molecule has 0 saturated heterocycles. The minimum Gasteiger partial charge on any atom is -0.475 e. The molecule has 1 aromatic heterocycles. The van der Waals surface area contributed by atoms with E-state index in [-0.39, 0.29) is 17.3 Å². The van der Waals surface area contributed by atoms with Gasteiger partial charge in [0, 0.05) is 10.5 Å². The summed E-state index contributed by atoms with van der Waals surface area (Å²) in [6.07, 6.45) is 1.87. The highest BCUT2D eigenvalue weighted by molar-refractivity contribution is 7.98. The fourth-order valence-corrected chi connectivity index (χ4v) is 2.14. The van der Waals surface area contributed by atoms with Crippen LogP contribution in [0.3, 0.4) is 0 Å². The van der Waals surface area contributed by atoms with Gasteiger partial charge in [-0.3, -0.25) is 4.79 Å². The fourth-order valence-electron chi connectivity index (χ4n) is 1.54. The van der Waals surface area contributed by atoms with Gasteiger partial charge in [0.25, 0.3) is 0 Å². The molecule has 0 fully saturated rings. The predicted octanol–water partition coefficient (Wildman–Crippen LogP) is 2.93. The maximum absolute atomic E-state index is 12.2. The average Bonchev–Trinajstić information content (AvgIpc) is 2.87. The molecule has 0 saturated carbocycles. The number of furan rings is 1. The number of carboxylic acid groups (broad SMARTS) is 1. The number of ketones is 1. The highest BCUT2D eigenvalue weighted by Gasteiger charge is 2.18. The van der Waals surface area contributed by atoms with Crippen molar-refractivity contribution in [1.82, 2.24) is 0 Å². The Kier molecular flexibility index (Phi) is 3.53. The highest BCUT2D eigenvalue weighted by atomic mass is 32.2. The van der Waals surface area contributed by atoms with Crippen molar-refractivity contribution in [3.63, 3.8) is 0 Å². The van der Waals surface area contributed by atoms with E-state index >= 15 is 0 Å². The second-order valence-corrected chi connectivity index (χ2v) is 4.35. The third kappa shape index (κ3) is 2.31. The number of hydrogen-bond acceptors (Lipinski definition) is 4. The number of thioether (sulfide) groups is 1. The van der Waals surface area contributed by atoms with Gasteiger partial charge in [-0.1, -0.05) is 12.1 Å². The lowest BCUT2D eigenvalue weighted by Gasteiger charge is -2.03. The largest absolute Gasteiger partial charge is 0.475 e. The molecule has 18 heavy (non-hydrogen) atoms. The Morgan fingerprint density at radius 1 is 1.11 bits per heavy atom. The van der Waals surface area contributed by atoms with Crippen LogP contribution in [0.15, 0.2) is 45.7 Å². The molecule has 1 aromatic carbocycles. The normalized spacial score (nSPS) is 10.3. The van der Waals surface area contributed by atoms with E-state index in [9.17, 15) is 9.59 Å². The maximum Gasteiger partial charge on any atom is 0.371 e. The molecule has 0 atom stereocenters. The molecule has 0 spiro atoms. The van der Waals surface area contributed by atoms with Gasteiger partial charge >= 0.3 is 5.97 Å².